The van der Waals surface area contributed by atoms with Crippen LogP contribution >= 0.6 is 0 Å². The van der Waals surface area contributed by atoms with Crippen molar-refractivity contribution in [3.8, 4) is 0 Å². The van der Waals surface area contributed by atoms with Gasteiger partial charge in [-0.05, 0) is 0 Å². The molecule has 0 aliphatic rings. The summed E-state index contributed by atoms with van der Waals surface area (Å²) in [7, 11) is 0. The fourth-order valence-corrected chi connectivity index (χ4v) is 1.06. The van der Waals surface area contributed by atoms with E-state index < -0.39 is 37.5 Å². The fourth-order valence-electron chi connectivity index (χ4n) is 1.06. The molecule has 0 aromatic rings. The van der Waals surface area contributed by atoms with E-state index in [0.29, 0.717) is 5.06 Å². The molecule has 13 heteroatoms. The number of nitrogens with zero attached hydrogens (tertiary/aromatic N) is 2. The van der Waals surface area contributed by atoms with E-state index in [2.05, 4.69) is 0 Å². The molecule has 0 unspecified atom stereocenters. The smallest absolute Gasteiger partial charge is 0.549 e. The van der Waals surface area contributed by atoms with Gasteiger partial charge in [0.2, 0.25) is 0 Å². The predicted octanol–water partition coefficient (Wildman–Crippen LogP) is -15.6. The molecule has 0 aromatic heterocycles. The Morgan fingerprint density at radius 1 is 0.762 bits per heavy atom. The standard InChI is InChI=1S/C8H14N2O7.3Na.H2O/c11-6(12)3-9(4-7(13)14)1-2-10(17)5-8(15)16;;;;/h17H,1-5H2,(H,11,12)(H,13,14)(H,15,16);;;;1H2/q;3*+1;/p-3. The number of hydroxylamine groups is 2. The number of hydrogen-bond acceptors (Lipinski definition) is 9. The van der Waals surface area contributed by atoms with Crippen molar-refractivity contribution in [2.45, 2.75) is 0 Å². The Labute approximate surface area is 187 Å². The van der Waals surface area contributed by atoms with Crippen LogP contribution < -0.4 is 104 Å². The molecule has 3 N–H and O–H groups in total. The van der Waals surface area contributed by atoms with E-state index in [1.54, 1.807) is 0 Å². The number of carbonyl (C=O) groups is 3. The second-order valence-corrected chi connectivity index (χ2v) is 3.21. The van der Waals surface area contributed by atoms with Crippen LogP contribution in [0.1, 0.15) is 0 Å². The molecule has 0 bridgehead atoms. The summed E-state index contributed by atoms with van der Waals surface area (Å²) in [5.41, 5.74) is 0. The molecule has 0 fully saturated rings. The number of carboxylic acid groups (broad SMARTS) is 3. The Bertz CT molecular complexity index is 291. The van der Waals surface area contributed by atoms with Crippen molar-refractivity contribution in [3.63, 3.8) is 0 Å². The Morgan fingerprint density at radius 3 is 1.38 bits per heavy atom. The first-order chi connectivity index (χ1) is 7.81. The average molecular weight is 334 g/mol. The molecule has 0 radical (unpaired) electrons. The van der Waals surface area contributed by atoms with Crippen molar-refractivity contribution < 1.29 is 129 Å². The first-order valence-electron chi connectivity index (χ1n) is 4.57. The minimum atomic E-state index is -1.51. The molecule has 21 heavy (non-hydrogen) atoms. The fraction of sp³-hybridized carbons (Fsp3) is 0.625. The van der Waals surface area contributed by atoms with Gasteiger partial charge in [0.05, 0.1) is 24.5 Å². The number of carboxylic acids is 3. The van der Waals surface area contributed by atoms with E-state index >= 15 is 0 Å². The summed E-state index contributed by atoms with van der Waals surface area (Å²) in [6.07, 6.45) is 0. The normalized spacial score (nSPS) is 8.71. The quantitative estimate of drug-likeness (QED) is 0.316. The summed E-state index contributed by atoms with van der Waals surface area (Å²) in [5, 5.41) is 40.0. The minimum Gasteiger partial charge on any atom is -0.549 e. The van der Waals surface area contributed by atoms with Crippen molar-refractivity contribution in [2.24, 2.45) is 0 Å². The summed E-state index contributed by atoms with van der Waals surface area (Å²) >= 11 is 0. The molecular formula is C8H13N2Na3O8. The van der Waals surface area contributed by atoms with Gasteiger partial charge < -0.3 is 40.4 Å². The van der Waals surface area contributed by atoms with E-state index in [-0.39, 0.29) is 107 Å². The van der Waals surface area contributed by atoms with Crippen LogP contribution in [0.3, 0.4) is 0 Å². The minimum absolute atomic E-state index is 0. The van der Waals surface area contributed by atoms with Gasteiger partial charge in [-0.25, -0.2) is 0 Å². The Balaban J connectivity index is -0.000000213. The molecule has 0 aliphatic heterocycles. The zero-order valence-corrected chi connectivity index (χ0v) is 18.3. The van der Waals surface area contributed by atoms with Gasteiger partial charge in [-0.2, -0.15) is 5.06 Å². The Morgan fingerprint density at radius 2 is 1.10 bits per heavy atom. The number of aliphatic carboxylic acids is 3. The van der Waals surface area contributed by atoms with Gasteiger partial charge in [-0.15, -0.1) is 0 Å². The first-order valence-corrected chi connectivity index (χ1v) is 4.57. The number of rotatable bonds is 9. The molecule has 0 aromatic carbocycles. The van der Waals surface area contributed by atoms with E-state index in [9.17, 15) is 29.7 Å². The van der Waals surface area contributed by atoms with Crippen molar-refractivity contribution in [2.75, 3.05) is 32.7 Å². The van der Waals surface area contributed by atoms with Crippen molar-refractivity contribution in [1.82, 2.24) is 9.96 Å². The third-order valence-electron chi connectivity index (χ3n) is 1.69. The largest absolute Gasteiger partial charge is 1.00 e. The summed E-state index contributed by atoms with van der Waals surface area (Å²) in [4.78, 5) is 31.5. The van der Waals surface area contributed by atoms with Crippen LogP contribution in [0, 0.1) is 0 Å². The monoisotopic (exact) mass is 334 g/mol. The number of hydrogen-bond donors (Lipinski definition) is 1. The maximum absolute atomic E-state index is 10.3. The Hall–Kier alpha value is 1.25. The van der Waals surface area contributed by atoms with Crippen molar-refractivity contribution in [1.29, 1.82) is 0 Å². The van der Waals surface area contributed by atoms with Crippen LogP contribution in [0.2, 0.25) is 0 Å². The molecule has 0 saturated carbocycles. The zero-order chi connectivity index (χ0) is 13.4. The maximum Gasteiger partial charge on any atom is 1.00 e. The molecule has 0 amide bonds. The van der Waals surface area contributed by atoms with E-state index in [1.807, 2.05) is 0 Å². The summed E-state index contributed by atoms with van der Waals surface area (Å²) in [6.45, 7) is -2.51. The van der Waals surface area contributed by atoms with Crippen LogP contribution in [-0.2, 0) is 14.4 Å². The first kappa shape index (κ1) is 33.8. The van der Waals surface area contributed by atoms with E-state index in [4.69, 9.17) is 5.21 Å². The second kappa shape index (κ2) is 19.3. The van der Waals surface area contributed by atoms with Gasteiger partial charge in [0.25, 0.3) is 0 Å². The van der Waals surface area contributed by atoms with E-state index in [1.165, 1.54) is 0 Å². The third kappa shape index (κ3) is 23.6. The molecule has 0 atom stereocenters. The molecule has 106 valence electrons. The van der Waals surface area contributed by atoms with Gasteiger partial charge in [-0.1, -0.05) is 0 Å². The predicted molar refractivity (Wildman–Crippen MR) is 48.4 cm³/mol. The second-order valence-electron chi connectivity index (χ2n) is 3.21. The van der Waals surface area contributed by atoms with Crippen LogP contribution in [0.15, 0.2) is 0 Å². The van der Waals surface area contributed by atoms with Crippen LogP contribution in [-0.4, -0.2) is 71.3 Å². The molecule has 0 spiro atoms. The van der Waals surface area contributed by atoms with Gasteiger partial charge >= 0.3 is 88.7 Å². The van der Waals surface area contributed by atoms with Crippen molar-refractivity contribution >= 4 is 17.9 Å². The third-order valence-corrected chi connectivity index (χ3v) is 1.69. The molecule has 0 rings (SSSR count). The SMILES string of the molecule is O.O=C([O-])CN(O)CCN(CC(=O)[O-])CC(=O)[O-].[Na+].[Na+].[Na+]. The molecule has 0 heterocycles. The number of carbonyl (C=O) groups excluding carboxylic acids is 3. The summed E-state index contributed by atoms with van der Waals surface area (Å²) in [5.74, 6) is -4.50. The van der Waals surface area contributed by atoms with E-state index in [0.717, 1.165) is 4.90 Å². The Kier molecular flexibility index (Phi) is 31.0. The average Bonchev–Trinajstić information content (AvgIpc) is 2.11. The summed E-state index contributed by atoms with van der Waals surface area (Å²) in [6, 6.07) is 0. The van der Waals surface area contributed by atoms with Gasteiger partial charge in [0.1, 0.15) is 0 Å². The maximum atomic E-state index is 10.3. The summed E-state index contributed by atoms with van der Waals surface area (Å²) < 4.78 is 0. The molecular weight excluding hydrogens is 321 g/mol. The molecule has 10 nitrogen and oxygen atoms in total. The topological polar surface area (TPSA) is 179 Å². The van der Waals surface area contributed by atoms with Gasteiger partial charge in [0, 0.05) is 26.2 Å². The van der Waals surface area contributed by atoms with Crippen molar-refractivity contribution in [3.05, 3.63) is 0 Å². The zero-order valence-electron chi connectivity index (χ0n) is 12.3. The van der Waals surface area contributed by atoms with Crippen LogP contribution in [0.4, 0.5) is 0 Å². The van der Waals surface area contributed by atoms with Crippen LogP contribution in [0.25, 0.3) is 0 Å². The molecule has 0 aliphatic carbocycles. The van der Waals surface area contributed by atoms with Crippen LogP contribution in [0.5, 0.6) is 0 Å². The van der Waals surface area contributed by atoms with Gasteiger partial charge in [-0.3, -0.25) is 4.90 Å². The van der Waals surface area contributed by atoms with Gasteiger partial charge in [0.15, 0.2) is 0 Å². The molecule has 0 saturated heterocycles.